The Morgan fingerprint density at radius 1 is 1.28 bits per heavy atom. The predicted molar refractivity (Wildman–Crippen MR) is 103 cm³/mol. The molecule has 1 amide bonds. The minimum absolute atomic E-state index is 0. The largest absolute Gasteiger partial charge is 0.496 e. The summed E-state index contributed by atoms with van der Waals surface area (Å²) in [5, 5.41) is 6.50. The van der Waals surface area contributed by atoms with Crippen molar-refractivity contribution in [1.29, 1.82) is 0 Å². The van der Waals surface area contributed by atoms with Gasteiger partial charge in [0.15, 0.2) is 0 Å². The van der Waals surface area contributed by atoms with E-state index in [2.05, 4.69) is 17.6 Å². The van der Waals surface area contributed by atoms with Crippen molar-refractivity contribution >= 4 is 18.3 Å². The first-order chi connectivity index (χ1) is 11.6. The summed E-state index contributed by atoms with van der Waals surface area (Å²) in [5.74, 6) is 1.04. The van der Waals surface area contributed by atoms with Gasteiger partial charge in [-0.25, -0.2) is 0 Å². The van der Waals surface area contributed by atoms with Crippen LogP contribution >= 0.6 is 12.4 Å². The molecule has 0 aromatic heterocycles. The first-order valence-electron chi connectivity index (χ1n) is 8.69. The lowest BCUT2D eigenvalue weighted by atomic mass is 9.79. The quantitative estimate of drug-likeness (QED) is 0.738. The molecule has 2 N–H and O–H groups in total. The highest BCUT2D eigenvalue weighted by atomic mass is 35.5. The van der Waals surface area contributed by atoms with Crippen LogP contribution < -0.4 is 15.4 Å². The van der Waals surface area contributed by atoms with Crippen LogP contribution in [-0.2, 0) is 9.53 Å². The van der Waals surface area contributed by atoms with Crippen molar-refractivity contribution in [2.24, 2.45) is 5.41 Å². The van der Waals surface area contributed by atoms with E-state index < -0.39 is 0 Å². The molecule has 0 saturated carbocycles. The zero-order valence-electron chi connectivity index (χ0n) is 15.5. The summed E-state index contributed by atoms with van der Waals surface area (Å²) in [7, 11) is 3.40. The van der Waals surface area contributed by atoms with Gasteiger partial charge in [-0.05, 0) is 43.5 Å². The Morgan fingerprint density at radius 3 is 2.60 bits per heavy atom. The summed E-state index contributed by atoms with van der Waals surface area (Å²) in [5.41, 5.74) is 1.13. The van der Waals surface area contributed by atoms with Crippen molar-refractivity contribution in [3.05, 3.63) is 29.8 Å². The number of rotatable bonds is 8. The fraction of sp³-hybridized carbons (Fsp3) is 0.632. The SMILES string of the molecule is COCC1(CNC(=O)CC(C)c2ccccc2OC)CCNCC1.Cl. The maximum atomic E-state index is 12.4. The number of halogens is 1. The second-order valence-electron chi connectivity index (χ2n) is 6.81. The smallest absolute Gasteiger partial charge is 0.220 e. The highest BCUT2D eigenvalue weighted by Gasteiger charge is 2.32. The molecule has 1 aliphatic heterocycles. The van der Waals surface area contributed by atoms with Crippen molar-refractivity contribution in [2.75, 3.05) is 40.5 Å². The standard InChI is InChI=1S/C19H30N2O3.ClH/c1-15(16-6-4-5-7-17(16)24-3)12-18(22)21-13-19(14-23-2)8-10-20-11-9-19;/h4-7,15,20H,8-14H2,1-3H3,(H,21,22);1H. The summed E-state index contributed by atoms with van der Waals surface area (Å²) < 4.78 is 10.8. The Kier molecular flexibility index (Phi) is 9.25. The van der Waals surface area contributed by atoms with Crippen LogP contribution in [-0.4, -0.2) is 46.4 Å². The molecule has 25 heavy (non-hydrogen) atoms. The van der Waals surface area contributed by atoms with Gasteiger partial charge in [-0.2, -0.15) is 0 Å². The monoisotopic (exact) mass is 370 g/mol. The van der Waals surface area contributed by atoms with Crippen molar-refractivity contribution in [2.45, 2.75) is 32.1 Å². The number of ether oxygens (including phenoxy) is 2. The van der Waals surface area contributed by atoms with Crippen molar-refractivity contribution in [3.8, 4) is 5.75 Å². The average Bonchev–Trinajstić information content (AvgIpc) is 2.61. The van der Waals surface area contributed by atoms with Crippen molar-refractivity contribution < 1.29 is 14.3 Å². The normalized spacial score (nSPS) is 17.2. The van der Waals surface area contributed by atoms with Gasteiger partial charge in [0.2, 0.25) is 5.91 Å². The molecule has 142 valence electrons. The van der Waals surface area contributed by atoms with Crippen LogP contribution in [0.1, 0.15) is 37.7 Å². The Bertz CT molecular complexity index is 528. The van der Waals surface area contributed by atoms with Crippen LogP contribution in [0.4, 0.5) is 0 Å². The van der Waals surface area contributed by atoms with Gasteiger partial charge < -0.3 is 20.1 Å². The summed E-state index contributed by atoms with van der Waals surface area (Å²) in [6.45, 7) is 5.40. The van der Waals surface area contributed by atoms with Gasteiger partial charge in [-0.1, -0.05) is 25.1 Å². The fourth-order valence-corrected chi connectivity index (χ4v) is 3.46. The summed E-state index contributed by atoms with van der Waals surface area (Å²) in [4.78, 5) is 12.4. The topological polar surface area (TPSA) is 59.6 Å². The van der Waals surface area contributed by atoms with E-state index in [1.165, 1.54) is 0 Å². The molecule has 1 saturated heterocycles. The highest BCUT2D eigenvalue weighted by molar-refractivity contribution is 5.85. The molecule has 0 radical (unpaired) electrons. The second kappa shape index (κ2) is 10.6. The second-order valence-corrected chi connectivity index (χ2v) is 6.81. The molecule has 6 heteroatoms. The third-order valence-corrected chi connectivity index (χ3v) is 4.94. The fourth-order valence-electron chi connectivity index (χ4n) is 3.46. The number of amides is 1. The molecule has 5 nitrogen and oxygen atoms in total. The van der Waals surface area contributed by atoms with Crippen LogP contribution in [0.2, 0.25) is 0 Å². The number of carbonyl (C=O) groups excluding carboxylic acids is 1. The van der Waals surface area contributed by atoms with Crippen molar-refractivity contribution in [3.63, 3.8) is 0 Å². The van der Waals surface area contributed by atoms with Gasteiger partial charge in [-0.3, -0.25) is 4.79 Å². The van der Waals surface area contributed by atoms with E-state index >= 15 is 0 Å². The lowest BCUT2D eigenvalue weighted by Gasteiger charge is -2.37. The lowest BCUT2D eigenvalue weighted by Crippen LogP contribution is -2.47. The predicted octanol–water partition coefficient (Wildman–Crippen LogP) is 2.74. The van der Waals surface area contributed by atoms with Crippen LogP contribution in [0.25, 0.3) is 0 Å². The van der Waals surface area contributed by atoms with E-state index in [0.717, 1.165) is 37.2 Å². The molecule has 1 aromatic rings. The highest BCUT2D eigenvalue weighted by Crippen LogP contribution is 2.30. The van der Waals surface area contributed by atoms with Crippen LogP contribution in [0, 0.1) is 5.41 Å². The van der Waals surface area contributed by atoms with E-state index in [1.54, 1.807) is 14.2 Å². The van der Waals surface area contributed by atoms with Gasteiger partial charge in [-0.15, -0.1) is 12.4 Å². The number of carbonyl (C=O) groups is 1. The maximum Gasteiger partial charge on any atom is 0.220 e. The molecule has 0 aliphatic carbocycles. The number of piperidine rings is 1. The van der Waals surface area contributed by atoms with Gasteiger partial charge in [0, 0.05) is 25.5 Å². The maximum absolute atomic E-state index is 12.4. The Balaban J connectivity index is 0.00000312. The van der Waals surface area contributed by atoms with E-state index in [-0.39, 0.29) is 29.6 Å². The molecule has 0 spiro atoms. The van der Waals surface area contributed by atoms with Crippen molar-refractivity contribution in [1.82, 2.24) is 10.6 Å². The molecule has 1 atom stereocenters. The van der Waals surface area contributed by atoms with E-state index in [0.29, 0.717) is 19.6 Å². The van der Waals surface area contributed by atoms with Gasteiger partial charge >= 0.3 is 0 Å². The lowest BCUT2D eigenvalue weighted by molar-refractivity contribution is -0.122. The average molecular weight is 371 g/mol. The number of hydrogen-bond acceptors (Lipinski definition) is 4. The molecule has 1 aliphatic rings. The zero-order chi connectivity index (χ0) is 17.4. The Labute approximate surface area is 157 Å². The summed E-state index contributed by atoms with van der Waals surface area (Å²) in [6, 6.07) is 7.89. The van der Waals surface area contributed by atoms with Crippen LogP contribution in [0.5, 0.6) is 5.75 Å². The van der Waals surface area contributed by atoms with Gasteiger partial charge in [0.1, 0.15) is 5.75 Å². The molecule has 2 rings (SSSR count). The third-order valence-electron chi connectivity index (χ3n) is 4.94. The van der Waals surface area contributed by atoms with E-state index in [9.17, 15) is 4.79 Å². The Hall–Kier alpha value is -1.30. The zero-order valence-corrected chi connectivity index (χ0v) is 16.3. The first-order valence-corrected chi connectivity index (χ1v) is 8.69. The first kappa shape index (κ1) is 21.7. The van der Waals surface area contributed by atoms with E-state index in [1.807, 2.05) is 24.3 Å². The Morgan fingerprint density at radius 2 is 1.96 bits per heavy atom. The molecular weight excluding hydrogens is 340 g/mol. The molecule has 0 bridgehead atoms. The summed E-state index contributed by atoms with van der Waals surface area (Å²) >= 11 is 0. The number of nitrogens with one attached hydrogen (secondary N) is 2. The molecular formula is C19H31ClN2O3. The van der Waals surface area contributed by atoms with Crippen LogP contribution in [0.3, 0.4) is 0 Å². The molecule has 1 aromatic carbocycles. The summed E-state index contributed by atoms with van der Waals surface area (Å²) in [6.07, 6.45) is 2.52. The number of methoxy groups -OCH3 is 2. The minimum Gasteiger partial charge on any atom is -0.496 e. The van der Waals surface area contributed by atoms with Crippen LogP contribution in [0.15, 0.2) is 24.3 Å². The molecule has 1 fully saturated rings. The molecule has 1 unspecified atom stereocenters. The van der Waals surface area contributed by atoms with Gasteiger partial charge in [0.05, 0.1) is 13.7 Å². The minimum atomic E-state index is 0. The number of hydrogen-bond donors (Lipinski definition) is 2. The third kappa shape index (κ3) is 6.17. The van der Waals surface area contributed by atoms with Gasteiger partial charge in [0.25, 0.3) is 0 Å². The number of para-hydroxylation sites is 1. The number of benzene rings is 1. The van der Waals surface area contributed by atoms with E-state index in [4.69, 9.17) is 9.47 Å². The molecule has 1 heterocycles.